The van der Waals surface area contributed by atoms with Gasteiger partial charge < -0.3 is 5.11 Å². The first-order valence-electron chi connectivity index (χ1n) is 4.78. The lowest BCUT2D eigenvalue weighted by atomic mass is 10.0. The first kappa shape index (κ1) is 10.2. The molecule has 0 aliphatic heterocycles. The van der Waals surface area contributed by atoms with Gasteiger partial charge >= 0.3 is 0 Å². The fourth-order valence-corrected chi connectivity index (χ4v) is 1.16. The van der Waals surface area contributed by atoms with E-state index in [-0.39, 0.29) is 5.92 Å². The minimum Gasteiger partial charge on any atom is -0.387 e. The van der Waals surface area contributed by atoms with Gasteiger partial charge in [0.2, 0.25) is 0 Å². The van der Waals surface area contributed by atoms with Crippen LogP contribution in [0.1, 0.15) is 38.1 Å². The molecule has 0 saturated carbocycles. The van der Waals surface area contributed by atoms with E-state index in [2.05, 4.69) is 11.9 Å². The molecule has 1 heterocycles. The summed E-state index contributed by atoms with van der Waals surface area (Å²) < 4.78 is 0. The van der Waals surface area contributed by atoms with Crippen LogP contribution in [-0.4, -0.2) is 10.1 Å². The minimum atomic E-state index is -0.439. The number of aliphatic hydroxyl groups is 1. The van der Waals surface area contributed by atoms with Crippen LogP contribution in [0.4, 0.5) is 0 Å². The van der Waals surface area contributed by atoms with Crippen LogP contribution < -0.4 is 0 Å². The molecule has 13 heavy (non-hydrogen) atoms. The average Bonchev–Trinajstić information content (AvgIpc) is 2.17. The second-order valence-corrected chi connectivity index (χ2v) is 3.63. The first-order chi connectivity index (χ1) is 6.15. The highest BCUT2D eigenvalue weighted by molar-refractivity contribution is 5.15. The Morgan fingerprint density at radius 1 is 1.38 bits per heavy atom. The van der Waals surface area contributed by atoms with Gasteiger partial charge in [-0.1, -0.05) is 26.8 Å². The lowest BCUT2D eigenvalue weighted by Crippen LogP contribution is -2.07. The van der Waals surface area contributed by atoms with Gasteiger partial charge in [0.25, 0.3) is 0 Å². The Kier molecular flexibility index (Phi) is 3.43. The van der Waals surface area contributed by atoms with Crippen LogP contribution in [0.3, 0.4) is 0 Å². The van der Waals surface area contributed by atoms with E-state index < -0.39 is 6.10 Å². The van der Waals surface area contributed by atoms with E-state index in [4.69, 9.17) is 0 Å². The zero-order chi connectivity index (χ0) is 9.84. The Labute approximate surface area is 79.6 Å². The molecule has 0 spiro atoms. The molecule has 0 fully saturated rings. The van der Waals surface area contributed by atoms with Gasteiger partial charge in [0.05, 0.1) is 11.8 Å². The van der Waals surface area contributed by atoms with Gasteiger partial charge in [0.15, 0.2) is 0 Å². The van der Waals surface area contributed by atoms with Crippen LogP contribution in [0, 0.1) is 5.92 Å². The lowest BCUT2D eigenvalue weighted by molar-refractivity contribution is 0.122. The molecular weight excluding hydrogens is 162 g/mol. The molecule has 1 aromatic rings. The summed E-state index contributed by atoms with van der Waals surface area (Å²) >= 11 is 0. The second kappa shape index (κ2) is 4.38. The van der Waals surface area contributed by atoms with Gasteiger partial charge in [-0.25, -0.2) is 0 Å². The SMILES string of the molecule is CCc1ccc(C(O)C(C)C)nc1. The first-order valence-corrected chi connectivity index (χ1v) is 4.78. The van der Waals surface area contributed by atoms with E-state index in [1.807, 2.05) is 32.2 Å². The monoisotopic (exact) mass is 179 g/mol. The number of hydrogen-bond acceptors (Lipinski definition) is 2. The predicted molar refractivity (Wildman–Crippen MR) is 53.4 cm³/mol. The van der Waals surface area contributed by atoms with Crippen molar-refractivity contribution in [3.63, 3.8) is 0 Å². The number of hydrogen-bond donors (Lipinski definition) is 1. The summed E-state index contributed by atoms with van der Waals surface area (Å²) in [6.07, 6.45) is 2.39. The lowest BCUT2D eigenvalue weighted by Gasteiger charge is -2.13. The van der Waals surface area contributed by atoms with E-state index in [1.54, 1.807) is 0 Å². The van der Waals surface area contributed by atoms with Crippen LogP contribution >= 0.6 is 0 Å². The van der Waals surface area contributed by atoms with Crippen molar-refractivity contribution in [3.8, 4) is 0 Å². The van der Waals surface area contributed by atoms with E-state index >= 15 is 0 Å². The number of aryl methyl sites for hydroxylation is 1. The maximum Gasteiger partial charge on any atom is 0.0982 e. The van der Waals surface area contributed by atoms with Crippen molar-refractivity contribution < 1.29 is 5.11 Å². The van der Waals surface area contributed by atoms with Crippen molar-refractivity contribution in [2.75, 3.05) is 0 Å². The second-order valence-electron chi connectivity index (χ2n) is 3.63. The summed E-state index contributed by atoms with van der Waals surface area (Å²) in [4.78, 5) is 4.22. The molecule has 1 aromatic heterocycles. The third-order valence-electron chi connectivity index (χ3n) is 2.19. The zero-order valence-electron chi connectivity index (χ0n) is 8.49. The minimum absolute atomic E-state index is 0.222. The molecule has 1 rings (SSSR count). The molecular formula is C11H17NO. The number of nitrogens with zero attached hydrogens (tertiary/aromatic N) is 1. The van der Waals surface area contributed by atoms with Gasteiger partial charge in [-0.05, 0) is 24.0 Å². The molecule has 1 N–H and O–H groups in total. The fourth-order valence-electron chi connectivity index (χ4n) is 1.16. The average molecular weight is 179 g/mol. The smallest absolute Gasteiger partial charge is 0.0982 e. The van der Waals surface area contributed by atoms with Crippen LogP contribution in [0.15, 0.2) is 18.3 Å². The van der Waals surface area contributed by atoms with E-state index in [9.17, 15) is 5.11 Å². The third-order valence-corrected chi connectivity index (χ3v) is 2.19. The number of aliphatic hydroxyl groups excluding tert-OH is 1. The molecule has 1 unspecified atom stereocenters. The molecule has 2 heteroatoms. The van der Waals surface area contributed by atoms with Crippen LogP contribution in [0.2, 0.25) is 0 Å². The Bertz CT molecular complexity index is 253. The summed E-state index contributed by atoms with van der Waals surface area (Å²) in [6.45, 7) is 6.07. The molecule has 0 aliphatic carbocycles. The molecule has 0 aromatic carbocycles. The van der Waals surface area contributed by atoms with Crippen LogP contribution in [0.5, 0.6) is 0 Å². The Morgan fingerprint density at radius 3 is 2.46 bits per heavy atom. The quantitative estimate of drug-likeness (QED) is 0.772. The Morgan fingerprint density at radius 2 is 2.08 bits per heavy atom. The molecule has 0 saturated heterocycles. The summed E-state index contributed by atoms with van der Waals surface area (Å²) in [5.41, 5.74) is 1.98. The Hall–Kier alpha value is -0.890. The Balaban J connectivity index is 2.79. The molecule has 72 valence electrons. The van der Waals surface area contributed by atoms with Gasteiger partial charge in [0, 0.05) is 6.20 Å². The largest absolute Gasteiger partial charge is 0.387 e. The maximum absolute atomic E-state index is 9.70. The van der Waals surface area contributed by atoms with Crippen LogP contribution in [-0.2, 0) is 6.42 Å². The van der Waals surface area contributed by atoms with E-state index in [0.29, 0.717) is 0 Å². The molecule has 0 radical (unpaired) electrons. The predicted octanol–water partition coefficient (Wildman–Crippen LogP) is 2.33. The summed E-state index contributed by atoms with van der Waals surface area (Å²) in [5.74, 6) is 0.222. The summed E-state index contributed by atoms with van der Waals surface area (Å²) in [7, 11) is 0. The van der Waals surface area contributed by atoms with Crippen molar-refractivity contribution in [2.45, 2.75) is 33.3 Å². The highest BCUT2D eigenvalue weighted by atomic mass is 16.3. The fraction of sp³-hybridized carbons (Fsp3) is 0.545. The number of aromatic nitrogens is 1. The van der Waals surface area contributed by atoms with Gasteiger partial charge in [-0.2, -0.15) is 0 Å². The van der Waals surface area contributed by atoms with Crippen LogP contribution in [0.25, 0.3) is 0 Å². The van der Waals surface area contributed by atoms with Crippen molar-refractivity contribution in [3.05, 3.63) is 29.6 Å². The summed E-state index contributed by atoms with van der Waals surface area (Å²) in [5, 5.41) is 9.70. The standard InChI is InChI=1S/C11H17NO/c1-4-9-5-6-10(12-7-9)11(13)8(2)3/h5-8,11,13H,4H2,1-3H3. The van der Waals surface area contributed by atoms with Gasteiger partial charge in [0.1, 0.15) is 0 Å². The highest BCUT2D eigenvalue weighted by Gasteiger charge is 2.12. The third kappa shape index (κ3) is 2.52. The maximum atomic E-state index is 9.70. The topological polar surface area (TPSA) is 33.1 Å². The number of rotatable bonds is 3. The molecule has 0 aliphatic rings. The zero-order valence-corrected chi connectivity index (χ0v) is 8.49. The molecule has 2 nitrogen and oxygen atoms in total. The summed E-state index contributed by atoms with van der Waals surface area (Å²) in [6, 6.07) is 3.93. The van der Waals surface area contributed by atoms with Crippen molar-refractivity contribution >= 4 is 0 Å². The highest BCUT2D eigenvalue weighted by Crippen LogP contribution is 2.18. The van der Waals surface area contributed by atoms with Gasteiger partial charge in [-0.3, -0.25) is 4.98 Å². The molecule has 0 bridgehead atoms. The van der Waals surface area contributed by atoms with E-state index in [0.717, 1.165) is 12.1 Å². The van der Waals surface area contributed by atoms with Gasteiger partial charge in [-0.15, -0.1) is 0 Å². The normalized spacial score (nSPS) is 13.3. The van der Waals surface area contributed by atoms with E-state index in [1.165, 1.54) is 5.56 Å². The van der Waals surface area contributed by atoms with Crippen molar-refractivity contribution in [2.24, 2.45) is 5.92 Å². The van der Waals surface area contributed by atoms with Crippen molar-refractivity contribution in [1.29, 1.82) is 0 Å². The van der Waals surface area contributed by atoms with Crippen molar-refractivity contribution in [1.82, 2.24) is 4.98 Å². The number of pyridine rings is 1. The molecule has 1 atom stereocenters. The molecule has 0 amide bonds.